The predicted molar refractivity (Wildman–Crippen MR) is 121 cm³/mol. The lowest BCUT2D eigenvalue weighted by molar-refractivity contribution is 1.35. The molecule has 0 spiro atoms. The Morgan fingerprint density at radius 2 is 1.15 bits per heavy atom. The van der Waals surface area contributed by atoms with Crippen LogP contribution in [-0.4, -0.2) is 0 Å². The molecule has 0 aromatic heterocycles. The van der Waals surface area contributed by atoms with Gasteiger partial charge in [-0.15, -0.1) is 0 Å². The maximum absolute atomic E-state index is 3.55. The molecule has 0 saturated carbocycles. The van der Waals surface area contributed by atoms with E-state index in [9.17, 15) is 0 Å². The van der Waals surface area contributed by atoms with Crippen molar-refractivity contribution < 1.29 is 0 Å². The highest BCUT2D eigenvalue weighted by Crippen LogP contribution is 2.35. The van der Waals surface area contributed by atoms with E-state index in [1.807, 2.05) is 12.1 Å². The van der Waals surface area contributed by atoms with Crippen LogP contribution in [0.1, 0.15) is 0 Å². The van der Waals surface area contributed by atoms with Crippen LogP contribution in [0.25, 0.3) is 0 Å². The molecule has 0 radical (unpaired) electrons. The Hall–Kier alpha value is 1.67. The molecule has 2 nitrogen and oxygen atoms in total. The van der Waals surface area contributed by atoms with Gasteiger partial charge in [-0.05, 0) is 124 Å². The van der Waals surface area contributed by atoms with Crippen LogP contribution in [0.3, 0.4) is 0 Å². The highest BCUT2D eigenvalue weighted by atomic mass is 127. The normalized spacial score (nSPS) is 10.5. The Labute approximate surface area is 183 Å². The van der Waals surface area contributed by atoms with Gasteiger partial charge in [-0.25, -0.2) is 0 Å². The van der Waals surface area contributed by atoms with Gasteiger partial charge >= 0.3 is 0 Å². The van der Waals surface area contributed by atoms with Crippen LogP contribution >= 0.6 is 116 Å². The van der Waals surface area contributed by atoms with Crippen molar-refractivity contribution in [3.05, 3.63) is 48.4 Å². The van der Waals surface area contributed by atoms with Gasteiger partial charge in [-0.1, -0.05) is 15.9 Å². The van der Waals surface area contributed by atoms with Crippen LogP contribution in [0.2, 0.25) is 0 Å². The number of hydrogen-bond acceptors (Lipinski definition) is 2. The Bertz CT molecular complexity index is 561. The van der Waals surface area contributed by atoms with Gasteiger partial charge in [-0.2, -0.15) is 0 Å². The lowest BCUT2D eigenvalue weighted by atomic mass is 10.3. The molecule has 0 bridgehead atoms. The molecular formula is C12H6Br3I3N2. The van der Waals surface area contributed by atoms with E-state index in [2.05, 4.69) is 139 Å². The monoisotopic (exact) mass is 796 g/mol. The smallest absolute Gasteiger partial charge is 0.0824 e. The van der Waals surface area contributed by atoms with Crippen LogP contribution in [0.15, 0.2) is 37.7 Å². The van der Waals surface area contributed by atoms with E-state index in [4.69, 9.17) is 0 Å². The van der Waals surface area contributed by atoms with Crippen molar-refractivity contribution in [2.24, 2.45) is 0 Å². The summed E-state index contributed by atoms with van der Waals surface area (Å²) < 4.78 is 6.54. The number of hydrogen-bond donors (Lipinski definition) is 2. The van der Waals surface area contributed by atoms with Crippen molar-refractivity contribution in [2.75, 3.05) is 10.9 Å². The summed E-state index contributed by atoms with van der Waals surface area (Å²) >= 11 is 17.6. The largest absolute Gasteiger partial charge is 0.299 e. The quantitative estimate of drug-likeness (QED) is 0.253. The van der Waals surface area contributed by atoms with Crippen molar-refractivity contribution in [3.63, 3.8) is 0 Å². The van der Waals surface area contributed by atoms with Crippen LogP contribution in [0.5, 0.6) is 0 Å². The molecule has 0 aliphatic rings. The number of anilines is 2. The highest BCUT2D eigenvalue weighted by molar-refractivity contribution is 14.1. The van der Waals surface area contributed by atoms with Crippen molar-refractivity contribution >= 4 is 127 Å². The third kappa shape index (κ3) is 4.59. The van der Waals surface area contributed by atoms with Gasteiger partial charge in [0.15, 0.2) is 0 Å². The first-order valence-corrected chi connectivity index (χ1v) is 10.8. The van der Waals surface area contributed by atoms with Crippen molar-refractivity contribution in [1.82, 2.24) is 0 Å². The summed E-state index contributed by atoms with van der Waals surface area (Å²) in [7, 11) is 0. The Balaban J connectivity index is 2.26. The van der Waals surface area contributed by atoms with Gasteiger partial charge in [0.1, 0.15) is 0 Å². The molecule has 0 saturated heterocycles. The molecule has 2 aromatic rings. The lowest BCUT2D eigenvalue weighted by Crippen LogP contribution is -2.12. The summed E-state index contributed by atoms with van der Waals surface area (Å²) in [4.78, 5) is 0. The summed E-state index contributed by atoms with van der Waals surface area (Å²) in [5, 5.41) is 0. The fourth-order valence-electron chi connectivity index (χ4n) is 1.45. The fraction of sp³-hybridized carbons (Fsp3) is 0. The summed E-state index contributed by atoms with van der Waals surface area (Å²) in [6.45, 7) is 0. The van der Waals surface area contributed by atoms with Crippen molar-refractivity contribution in [1.29, 1.82) is 0 Å². The summed E-state index contributed by atoms with van der Waals surface area (Å²) in [5.74, 6) is 0. The summed E-state index contributed by atoms with van der Waals surface area (Å²) in [5.41, 5.74) is 8.57. The van der Waals surface area contributed by atoms with Crippen molar-refractivity contribution in [2.45, 2.75) is 0 Å². The molecule has 0 unspecified atom stereocenters. The maximum Gasteiger partial charge on any atom is 0.0824 e. The fourth-order valence-corrected chi connectivity index (χ4v) is 7.76. The zero-order valence-electron chi connectivity index (χ0n) is 9.58. The van der Waals surface area contributed by atoms with Gasteiger partial charge < -0.3 is 0 Å². The van der Waals surface area contributed by atoms with Gasteiger partial charge in [-0.3, -0.25) is 10.9 Å². The van der Waals surface area contributed by atoms with E-state index in [1.54, 1.807) is 0 Å². The van der Waals surface area contributed by atoms with Gasteiger partial charge in [0, 0.05) is 24.1 Å². The number of hydrazine groups is 1. The van der Waals surface area contributed by atoms with Gasteiger partial charge in [0.05, 0.1) is 11.4 Å². The summed E-state index contributed by atoms with van der Waals surface area (Å²) in [6.07, 6.45) is 0. The minimum atomic E-state index is 0.957. The Morgan fingerprint density at radius 1 is 0.700 bits per heavy atom. The third-order valence-corrected chi connectivity index (χ3v) is 6.36. The molecule has 0 fully saturated rings. The molecule has 2 rings (SSSR count). The van der Waals surface area contributed by atoms with E-state index in [-0.39, 0.29) is 0 Å². The van der Waals surface area contributed by atoms with Crippen LogP contribution in [-0.2, 0) is 0 Å². The zero-order valence-corrected chi connectivity index (χ0v) is 20.8. The van der Waals surface area contributed by atoms with E-state index < -0.39 is 0 Å². The van der Waals surface area contributed by atoms with Crippen molar-refractivity contribution in [3.8, 4) is 0 Å². The topological polar surface area (TPSA) is 24.1 Å². The predicted octanol–water partition coefficient (Wildman–Crippen LogP) is 7.23. The first-order valence-electron chi connectivity index (χ1n) is 5.19. The van der Waals surface area contributed by atoms with Crippen LogP contribution in [0.4, 0.5) is 11.4 Å². The molecule has 0 aliphatic carbocycles. The molecule has 106 valence electrons. The molecule has 0 amide bonds. The molecule has 0 heterocycles. The molecule has 0 aliphatic heterocycles. The first-order chi connectivity index (χ1) is 9.38. The number of rotatable bonds is 3. The molecule has 0 atom stereocenters. The van der Waals surface area contributed by atoms with E-state index >= 15 is 0 Å². The molecule has 2 aromatic carbocycles. The molecule has 8 heteroatoms. The second kappa shape index (κ2) is 7.97. The van der Waals surface area contributed by atoms with Gasteiger partial charge in [0.2, 0.25) is 0 Å². The number of benzene rings is 2. The molecule has 2 N–H and O–H groups in total. The van der Waals surface area contributed by atoms with E-state index in [0.717, 1.165) is 24.8 Å². The average Bonchev–Trinajstić information content (AvgIpc) is 2.30. The standard InChI is InChI=1S/C12H6Br3I3N2/c13-5-1-7(14)11(8(15)2-5)19-20-12-9(17)3-6(16)4-10(12)18/h1-4,19-20H. The summed E-state index contributed by atoms with van der Waals surface area (Å²) in [6, 6.07) is 8.27. The third-order valence-electron chi connectivity index (χ3n) is 2.33. The number of halogens is 6. The Morgan fingerprint density at radius 3 is 1.65 bits per heavy atom. The van der Waals surface area contributed by atoms with E-state index in [1.165, 1.54) is 10.7 Å². The minimum Gasteiger partial charge on any atom is -0.299 e. The van der Waals surface area contributed by atoms with Crippen LogP contribution in [0, 0.1) is 10.7 Å². The second-order valence-corrected chi connectivity index (χ2v) is 9.93. The highest BCUT2D eigenvalue weighted by Gasteiger charge is 2.10. The first kappa shape index (κ1) is 18.0. The van der Waals surface area contributed by atoms with Gasteiger partial charge in [0.25, 0.3) is 0 Å². The molecular weight excluding hydrogens is 793 g/mol. The lowest BCUT2D eigenvalue weighted by Gasteiger charge is -2.16. The average molecular weight is 799 g/mol. The minimum absolute atomic E-state index is 0.957. The SMILES string of the molecule is Brc1cc(Br)c(NNc2c(I)cc(I)cc2I)c(Br)c1. The maximum atomic E-state index is 3.55. The Kier molecular flexibility index (Phi) is 7.18. The number of nitrogens with one attached hydrogen (secondary N) is 2. The van der Waals surface area contributed by atoms with E-state index in [0.29, 0.717) is 0 Å². The molecule has 20 heavy (non-hydrogen) atoms. The zero-order chi connectivity index (χ0) is 14.9. The second-order valence-electron chi connectivity index (χ2n) is 3.74. The van der Waals surface area contributed by atoms with Crippen LogP contribution < -0.4 is 10.9 Å².